The fourth-order valence-corrected chi connectivity index (χ4v) is 2.56. The Bertz CT molecular complexity index is 482. The summed E-state index contributed by atoms with van der Waals surface area (Å²) in [4.78, 5) is 0. The Morgan fingerprint density at radius 2 is 2.09 bits per heavy atom. The highest BCUT2D eigenvalue weighted by atomic mass is 16.5. The highest BCUT2D eigenvalue weighted by Gasteiger charge is 2.19. The molecule has 1 heterocycles. The Kier molecular flexibility index (Phi) is 6.28. The van der Waals surface area contributed by atoms with Crippen molar-refractivity contribution < 1.29 is 4.74 Å². The summed E-state index contributed by atoms with van der Waals surface area (Å²) in [5.74, 6) is 1.42. The van der Waals surface area contributed by atoms with Crippen molar-refractivity contribution in [1.82, 2.24) is 5.32 Å². The van der Waals surface area contributed by atoms with E-state index in [2.05, 4.69) is 61.7 Å². The molecule has 1 aromatic rings. The van der Waals surface area contributed by atoms with Crippen LogP contribution in [0.25, 0.3) is 0 Å². The molecule has 4 heteroatoms. The summed E-state index contributed by atoms with van der Waals surface area (Å²) in [6, 6.07) is 8.32. The predicted octanol–water partition coefficient (Wildman–Crippen LogP) is 3.38. The zero-order valence-electron chi connectivity index (χ0n) is 13.9. The smallest absolute Gasteiger partial charge is 0.0963 e. The first kappa shape index (κ1) is 16.8. The Morgan fingerprint density at radius 1 is 1.36 bits per heavy atom. The van der Waals surface area contributed by atoms with Gasteiger partial charge in [0.15, 0.2) is 0 Å². The lowest BCUT2D eigenvalue weighted by molar-refractivity contribution is -0.0287. The van der Waals surface area contributed by atoms with Gasteiger partial charge in [0.1, 0.15) is 0 Å². The summed E-state index contributed by atoms with van der Waals surface area (Å²) in [5, 5.41) is 6.63. The van der Waals surface area contributed by atoms with Gasteiger partial charge in [-0.3, -0.25) is 0 Å². The zero-order valence-corrected chi connectivity index (χ0v) is 13.9. The van der Waals surface area contributed by atoms with Crippen molar-refractivity contribution in [1.29, 1.82) is 0 Å². The summed E-state index contributed by atoms with van der Waals surface area (Å²) >= 11 is 0. The molecule has 0 radical (unpaired) electrons. The molecule has 4 N–H and O–H groups in total. The largest absolute Gasteiger partial charge is 0.386 e. The molecule has 4 nitrogen and oxygen atoms in total. The number of nitrogens with one attached hydrogen (secondary N) is 2. The second-order valence-electron chi connectivity index (χ2n) is 6.47. The number of allylic oxidation sites excluding steroid dienone is 1. The number of benzene rings is 1. The van der Waals surface area contributed by atoms with Gasteiger partial charge in [-0.05, 0) is 49.5 Å². The molecule has 0 aliphatic carbocycles. The van der Waals surface area contributed by atoms with Crippen molar-refractivity contribution in [3.8, 4) is 0 Å². The molecule has 1 aromatic carbocycles. The van der Waals surface area contributed by atoms with Gasteiger partial charge in [-0.15, -0.1) is 0 Å². The number of morpholine rings is 1. The molecule has 0 amide bonds. The average Bonchev–Trinajstić information content (AvgIpc) is 2.47. The van der Waals surface area contributed by atoms with Crippen molar-refractivity contribution in [3.63, 3.8) is 0 Å². The van der Waals surface area contributed by atoms with Crippen LogP contribution in [0.5, 0.6) is 0 Å². The maximum Gasteiger partial charge on any atom is 0.0963 e. The molecule has 1 fully saturated rings. The minimum atomic E-state index is 0.136. The van der Waals surface area contributed by atoms with E-state index in [0.29, 0.717) is 5.92 Å². The van der Waals surface area contributed by atoms with Gasteiger partial charge >= 0.3 is 0 Å². The van der Waals surface area contributed by atoms with E-state index in [1.165, 1.54) is 5.56 Å². The molecule has 0 aromatic heterocycles. The number of rotatable bonds is 6. The van der Waals surface area contributed by atoms with E-state index in [9.17, 15) is 0 Å². The first-order chi connectivity index (χ1) is 10.5. The number of nitrogens with two attached hydrogens (primary N) is 1. The number of hydrogen-bond donors (Lipinski definition) is 3. The van der Waals surface area contributed by atoms with Gasteiger partial charge in [0.05, 0.1) is 18.0 Å². The summed E-state index contributed by atoms with van der Waals surface area (Å²) < 4.78 is 5.95. The van der Waals surface area contributed by atoms with Crippen LogP contribution in [0.2, 0.25) is 0 Å². The molecule has 1 aliphatic heterocycles. The Labute approximate surface area is 134 Å². The topological polar surface area (TPSA) is 59.3 Å². The van der Waals surface area contributed by atoms with Crippen molar-refractivity contribution in [2.45, 2.75) is 45.8 Å². The molecule has 0 bridgehead atoms. The standard InChI is InChI=1S/C18H29N3O/c1-13(2)5-4-6-18(19)21-16-9-7-15(8-10-16)17-12-20-11-14(3)22-17/h6-10,13-14,17,20-21H,4-5,11-12,19H2,1-3H3/b18-6+/t14-,17-/m1/s1. The molecule has 22 heavy (non-hydrogen) atoms. The lowest BCUT2D eigenvalue weighted by Crippen LogP contribution is -2.38. The monoisotopic (exact) mass is 303 g/mol. The van der Waals surface area contributed by atoms with Gasteiger partial charge in [0, 0.05) is 18.8 Å². The van der Waals surface area contributed by atoms with Crippen molar-refractivity contribution >= 4 is 5.69 Å². The van der Waals surface area contributed by atoms with Crippen molar-refractivity contribution in [3.05, 3.63) is 41.7 Å². The van der Waals surface area contributed by atoms with Gasteiger partial charge in [0.25, 0.3) is 0 Å². The van der Waals surface area contributed by atoms with Crippen molar-refractivity contribution in [2.75, 3.05) is 18.4 Å². The molecule has 2 rings (SSSR count). The first-order valence-electron chi connectivity index (χ1n) is 8.23. The minimum absolute atomic E-state index is 0.136. The lowest BCUT2D eigenvalue weighted by atomic mass is 10.1. The predicted molar refractivity (Wildman–Crippen MR) is 92.6 cm³/mol. The van der Waals surface area contributed by atoms with Crippen LogP contribution in [0.4, 0.5) is 5.69 Å². The van der Waals surface area contributed by atoms with Crippen molar-refractivity contribution in [2.24, 2.45) is 11.7 Å². The second-order valence-corrected chi connectivity index (χ2v) is 6.47. The van der Waals surface area contributed by atoms with Crippen LogP contribution in [-0.2, 0) is 4.74 Å². The Hall–Kier alpha value is -1.52. The first-order valence-corrected chi connectivity index (χ1v) is 8.23. The molecule has 1 saturated heterocycles. The highest BCUT2D eigenvalue weighted by Crippen LogP contribution is 2.23. The maximum absolute atomic E-state index is 6.01. The molecular weight excluding hydrogens is 274 g/mol. The van der Waals surface area contributed by atoms with Crippen LogP contribution in [0, 0.1) is 5.92 Å². The quantitative estimate of drug-likeness (QED) is 0.754. The van der Waals surface area contributed by atoms with Gasteiger partial charge < -0.3 is 21.1 Å². The summed E-state index contributed by atoms with van der Waals surface area (Å²) in [7, 11) is 0. The zero-order chi connectivity index (χ0) is 15.9. The van der Waals surface area contributed by atoms with Crippen LogP contribution >= 0.6 is 0 Å². The van der Waals surface area contributed by atoms with Gasteiger partial charge in [-0.1, -0.05) is 26.0 Å². The van der Waals surface area contributed by atoms with E-state index in [1.807, 2.05) is 0 Å². The molecule has 0 saturated carbocycles. The Morgan fingerprint density at radius 3 is 2.73 bits per heavy atom. The summed E-state index contributed by atoms with van der Waals surface area (Å²) in [6.45, 7) is 8.33. The van der Waals surface area contributed by atoms with E-state index < -0.39 is 0 Å². The summed E-state index contributed by atoms with van der Waals surface area (Å²) in [6.07, 6.45) is 4.62. The van der Waals surface area contributed by atoms with E-state index in [-0.39, 0.29) is 12.2 Å². The third-order valence-corrected chi connectivity index (χ3v) is 3.84. The van der Waals surface area contributed by atoms with Crippen LogP contribution in [0.15, 0.2) is 36.2 Å². The highest BCUT2D eigenvalue weighted by molar-refractivity contribution is 5.49. The van der Waals surface area contributed by atoms with E-state index in [4.69, 9.17) is 10.5 Å². The molecule has 0 unspecified atom stereocenters. The van der Waals surface area contributed by atoms with E-state index >= 15 is 0 Å². The van der Waals surface area contributed by atoms with Crippen LogP contribution in [0.3, 0.4) is 0 Å². The van der Waals surface area contributed by atoms with E-state index in [0.717, 1.165) is 37.4 Å². The maximum atomic E-state index is 6.01. The number of hydrogen-bond acceptors (Lipinski definition) is 4. The third-order valence-electron chi connectivity index (χ3n) is 3.84. The van der Waals surface area contributed by atoms with Gasteiger partial charge in [0.2, 0.25) is 0 Å². The minimum Gasteiger partial charge on any atom is -0.386 e. The molecule has 2 atom stereocenters. The van der Waals surface area contributed by atoms with E-state index in [1.54, 1.807) is 0 Å². The molecule has 122 valence electrons. The van der Waals surface area contributed by atoms with Gasteiger partial charge in [-0.25, -0.2) is 0 Å². The average molecular weight is 303 g/mol. The summed E-state index contributed by atoms with van der Waals surface area (Å²) in [5.41, 5.74) is 8.22. The molecule has 1 aliphatic rings. The SMILES string of the molecule is CC(C)CC/C=C(\N)Nc1ccc([C@H]2CNC[C@@H](C)O2)cc1. The Balaban J connectivity index is 1.88. The molecular formula is C18H29N3O. The fourth-order valence-electron chi connectivity index (χ4n) is 2.56. The second kappa shape index (κ2) is 8.20. The molecule has 0 spiro atoms. The van der Waals surface area contributed by atoms with Crippen LogP contribution < -0.4 is 16.4 Å². The fraction of sp³-hybridized carbons (Fsp3) is 0.556. The van der Waals surface area contributed by atoms with Gasteiger partial charge in [-0.2, -0.15) is 0 Å². The van der Waals surface area contributed by atoms with Crippen LogP contribution in [0.1, 0.15) is 45.3 Å². The number of ether oxygens (including phenoxy) is 1. The van der Waals surface area contributed by atoms with Crippen LogP contribution in [-0.4, -0.2) is 19.2 Å². The number of anilines is 1. The normalized spacial score (nSPS) is 22.8. The lowest BCUT2D eigenvalue weighted by Gasteiger charge is -2.29. The third kappa shape index (κ3) is 5.35.